The molecule has 2 rings (SSSR count). The Balaban J connectivity index is 2.05. The molecule has 1 aromatic heterocycles. The summed E-state index contributed by atoms with van der Waals surface area (Å²) in [4.78, 5) is 14.0. The molecule has 94 valence electrons. The number of carbonyl (C=O) groups is 1. The van der Waals surface area contributed by atoms with E-state index in [4.69, 9.17) is 14.9 Å². The van der Waals surface area contributed by atoms with Crippen molar-refractivity contribution in [1.29, 1.82) is 0 Å². The minimum atomic E-state index is -0.859. The lowest BCUT2D eigenvalue weighted by molar-refractivity contribution is -0.137. The minimum Gasteiger partial charge on any atom is -0.467 e. The standard InChI is InChI=1S/C12H18N2O3/c1-2-14(8-10-4-3-6-17-10)11(15)12(13)5-7-16-9-12/h3-4,6H,2,5,7-9,13H2,1H3. The summed E-state index contributed by atoms with van der Waals surface area (Å²) in [6, 6.07) is 3.66. The number of ether oxygens (including phenoxy) is 1. The van der Waals surface area contributed by atoms with Crippen molar-refractivity contribution < 1.29 is 13.9 Å². The number of hydrogen-bond donors (Lipinski definition) is 1. The Hall–Kier alpha value is -1.33. The number of rotatable bonds is 4. The van der Waals surface area contributed by atoms with Crippen molar-refractivity contribution in [3.05, 3.63) is 24.2 Å². The number of likely N-dealkylation sites (N-methyl/N-ethyl adjacent to an activating group) is 1. The summed E-state index contributed by atoms with van der Waals surface area (Å²) in [5.74, 6) is 0.705. The molecule has 1 unspecified atom stereocenters. The summed E-state index contributed by atoms with van der Waals surface area (Å²) in [6.45, 7) is 3.86. The van der Waals surface area contributed by atoms with Crippen LogP contribution in [-0.4, -0.2) is 36.1 Å². The van der Waals surface area contributed by atoms with Crippen LogP contribution in [-0.2, 0) is 16.1 Å². The summed E-state index contributed by atoms with van der Waals surface area (Å²) < 4.78 is 10.5. The van der Waals surface area contributed by atoms with Gasteiger partial charge in [-0.2, -0.15) is 0 Å². The highest BCUT2D eigenvalue weighted by Crippen LogP contribution is 2.19. The molecule has 1 aliphatic rings. The van der Waals surface area contributed by atoms with Crippen LogP contribution in [0.4, 0.5) is 0 Å². The Bertz CT molecular complexity index is 369. The van der Waals surface area contributed by atoms with Crippen molar-refractivity contribution in [1.82, 2.24) is 4.90 Å². The van der Waals surface area contributed by atoms with Crippen molar-refractivity contribution in [2.75, 3.05) is 19.8 Å². The molecule has 0 bridgehead atoms. The second-order valence-electron chi connectivity index (χ2n) is 4.36. The Morgan fingerprint density at radius 2 is 2.47 bits per heavy atom. The molecule has 0 spiro atoms. The highest BCUT2D eigenvalue weighted by atomic mass is 16.5. The molecule has 2 N–H and O–H groups in total. The first-order valence-corrected chi connectivity index (χ1v) is 5.84. The Morgan fingerprint density at radius 3 is 3.00 bits per heavy atom. The van der Waals surface area contributed by atoms with Gasteiger partial charge in [0.05, 0.1) is 19.4 Å². The average molecular weight is 238 g/mol. The van der Waals surface area contributed by atoms with E-state index in [2.05, 4.69) is 0 Å². The lowest BCUT2D eigenvalue weighted by Crippen LogP contribution is -2.55. The lowest BCUT2D eigenvalue weighted by Gasteiger charge is -2.29. The smallest absolute Gasteiger partial charge is 0.245 e. The maximum atomic E-state index is 12.3. The predicted octanol–water partition coefficient (Wildman–Crippen LogP) is 0.746. The van der Waals surface area contributed by atoms with Crippen LogP contribution < -0.4 is 5.73 Å². The van der Waals surface area contributed by atoms with Crippen molar-refractivity contribution >= 4 is 5.91 Å². The topological polar surface area (TPSA) is 68.7 Å². The van der Waals surface area contributed by atoms with Crippen LogP contribution >= 0.6 is 0 Å². The Labute approximate surface area is 101 Å². The van der Waals surface area contributed by atoms with Gasteiger partial charge in [0, 0.05) is 13.2 Å². The zero-order valence-corrected chi connectivity index (χ0v) is 10.0. The molecule has 17 heavy (non-hydrogen) atoms. The van der Waals surface area contributed by atoms with Gasteiger partial charge in [-0.05, 0) is 25.5 Å². The molecule has 5 nitrogen and oxygen atoms in total. The fourth-order valence-electron chi connectivity index (χ4n) is 1.98. The number of nitrogens with zero attached hydrogens (tertiary/aromatic N) is 1. The highest BCUT2D eigenvalue weighted by molar-refractivity contribution is 5.86. The van der Waals surface area contributed by atoms with E-state index in [1.165, 1.54) is 0 Å². The second-order valence-corrected chi connectivity index (χ2v) is 4.36. The van der Waals surface area contributed by atoms with E-state index in [0.717, 1.165) is 5.76 Å². The third kappa shape index (κ3) is 2.50. The number of nitrogens with two attached hydrogens (primary N) is 1. The maximum Gasteiger partial charge on any atom is 0.245 e. The van der Waals surface area contributed by atoms with Gasteiger partial charge < -0.3 is 19.8 Å². The molecule has 0 aliphatic carbocycles. The molecular weight excluding hydrogens is 220 g/mol. The zero-order valence-electron chi connectivity index (χ0n) is 10.0. The van der Waals surface area contributed by atoms with Gasteiger partial charge in [0.1, 0.15) is 11.3 Å². The summed E-state index contributed by atoms with van der Waals surface area (Å²) in [6.07, 6.45) is 2.19. The number of hydrogen-bond acceptors (Lipinski definition) is 4. The van der Waals surface area contributed by atoms with Crippen molar-refractivity contribution in [3.63, 3.8) is 0 Å². The number of furan rings is 1. The van der Waals surface area contributed by atoms with Crippen LogP contribution in [0.3, 0.4) is 0 Å². The first kappa shape index (κ1) is 12.1. The van der Waals surface area contributed by atoms with E-state index in [9.17, 15) is 4.79 Å². The van der Waals surface area contributed by atoms with E-state index < -0.39 is 5.54 Å². The van der Waals surface area contributed by atoms with Crippen LogP contribution in [0, 0.1) is 0 Å². The monoisotopic (exact) mass is 238 g/mol. The molecule has 0 radical (unpaired) electrons. The summed E-state index contributed by atoms with van der Waals surface area (Å²) in [7, 11) is 0. The summed E-state index contributed by atoms with van der Waals surface area (Å²) >= 11 is 0. The molecule has 0 aromatic carbocycles. The normalized spacial score (nSPS) is 23.9. The molecule has 2 heterocycles. The van der Waals surface area contributed by atoms with Gasteiger partial charge in [-0.15, -0.1) is 0 Å². The van der Waals surface area contributed by atoms with E-state index in [1.54, 1.807) is 11.2 Å². The Morgan fingerprint density at radius 1 is 1.65 bits per heavy atom. The molecule has 5 heteroatoms. The van der Waals surface area contributed by atoms with Crippen LogP contribution in [0.2, 0.25) is 0 Å². The van der Waals surface area contributed by atoms with E-state index >= 15 is 0 Å². The molecule has 0 saturated carbocycles. The predicted molar refractivity (Wildman–Crippen MR) is 62.2 cm³/mol. The van der Waals surface area contributed by atoms with Gasteiger partial charge in [-0.1, -0.05) is 0 Å². The van der Waals surface area contributed by atoms with Gasteiger partial charge in [-0.25, -0.2) is 0 Å². The molecule has 1 saturated heterocycles. The largest absolute Gasteiger partial charge is 0.467 e. The first-order valence-electron chi connectivity index (χ1n) is 5.84. The van der Waals surface area contributed by atoms with E-state index in [0.29, 0.717) is 32.7 Å². The summed E-state index contributed by atoms with van der Waals surface area (Å²) in [5, 5.41) is 0. The van der Waals surface area contributed by atoms with Gasteiger partial charge in [0.15, 0.2) is 0 Å². The SMILES string of the molecule is CCN(Cc1ccco1)C(=O)C1(N)CCOC1. The van der Waals surface area contributed by atoms with Gasteiger partial charge in [0.2, 0.25) is 5.91 Å². The quantitative estimate of drug-likeness (QED) is 0.840. The van der Waals surface area contributed by atoms with Crippen molar-refractivity contribution in [2.45, 2.75) is 25.4 Å². The molecule has 1 atom stereocenters. The lowest BCUT2D eigenvalue weighted by atomic mass is 9.98. The fourth-order valence-corrected chi connectivity index (χ4v) is 1.98. The third-order valence-electron chi connectivity index (χ3n) is 3.07. The number of carbonyl (C=O) groups excluding carboxylic acids is 1. The maximum absolute atomic E-state index is 12.3. The van der Waals surface area contributed by atoms with Crippen LogP contribution in [0.5, 0.6) is 0 Å². The van der Waals surface area contributed by atoms with Gasteiger partial charge in [-0.3, -0.25) is 4.79 Å². The van der Waals surface area contributed by atoms with E-state index in [1.807, 2.05) is 19.1 Å². The van der Waals surface area contributed by atoms with Crippen LogP contribution in [0.1, 0.15) is 19.1 Å². The van der Waals surface area contributed by atoms with Crippen LogP contribution in [0.25, 0.3) is 0 Å². The average Bonchev–Trinajstić information content (AvgIpc) is 2.97. The molecule has 1 aromatic rings. The van der Waals surface area contributed by atoms with Gasteiger partial charge in [0.25, 0.3) is 0 Å². The highest BCUT2D eigenvalue weighted by Gasteiger charge is 2.40. The Kier molecular flexibility index (Phi) is 3.49. The second kappa shape index (κ2) is 4.89. The summed E-state index contributed by atoms with van der Waals surface area (Å²) in [5.41, 5.74) is 5.20. The van der Waals surface area contributed by atoms with E-state index in [-0.39, 0.29) is 5.91 Å². The number of amides is 1. The molecule has 1 aliphatic heterocycles. The van der Waals surface area contributed by atoms with Crippen molar-refractivity contribution in [2.24, 2.45) is 5.73 Å². The molecular formula is C12H18N2O3. The van der Waals surface area contributed by atoms with Crippen LogP contribution in [0.15, 0.2) is 22.8 Å². The fraction of sp³-hybridized carbons (Fsp3) is 0.583. The zero-order chi connectivity index (χ0) is 12.3. The minimum absolute atomic E-state index is 0.0612. The molecule has 1 fully saturated rings. The third-order valence-corrected chi connectivity index (χ3v) is 3.07. The van der Waals surface area contributed by atoms with Gasteiger partial charge >= 0.3 is 0 Å². The first-order chi connectivity index (χ1) is 8.15. The van der Waals surface area contributed by atoms with Crippen molar-refractivity contribution in [3.8, 4) is 0 Å². The molecule has 1 amide bonds.